The number of nitrogens with one attached hydrogen (secondary N) is 1. The van der Waals surface area contributed by atoms with E-state index in [1.54, 1.807) is 0 Å². The minimum atomic E-state index is -0.130. The maximum absolute atomic E-state index is 13.0. The third kappa shape index (κ3) is 3.64. The van der Waals surface area contributed by atoms with Crippen LogP contribution in [0.5, 0.6) is 0 Å². The van der Waals surface area contributed by atoms with Crippen molar-refractivity contribution in [1.82, 2.24) is 20.0 Å². The van der Waals surface area contributed by atoms with E-state index >= 15 is 0 Å². The third-order valence-corrected chi connectivity index (χ3v) is 5.93. The zero-order chi connectivity index (χ0) is 18.8. The van der Waals surface area contributed by atoms with E-state index < -0.39 is 0 Å². The minimum Gasteiger partial charge on any atom is -0.394 e. The lowest BCUT2D eigenvalue weighted by atomic mass is 9.89. The van der Waals surface area contributed by atoms with Gasteiger partial charge in [0.15, 0.2) is 5.69 Å². The number of hydrogen-bond donors (Lipinski definition) is 2. The highest BCUT2D eigenvalue weighted by atomic mass is 16.3. The van der Waals surface area contributed by atoms with Gasteiger partial charge in [0, 0.05) is 36.8 Å². The van der Waals surface area contributed by atoms with Gasteiger partial charge < -0.3 is 10.4 Å². The van der Waals surface area contributed by atoms with Crippen molar-refractivity contribution in [3.63, 3.8) is 0 Å². The molecule has 1 aliphatic heterocycles. The van der Waals surface area contributed by atoms with Crippen LogP contribution in [0.1, 0.15) is 59.5 Å². The van der Waals surface area contributed by atoms with Crippen molar-refractivity contribution < 1.29 is 9.90 Å². The van der Waals surface area contributed by atoms with Crippen molar-refractivity contribution in [3.8, 4) is 0 Å². The molecule has 0 radical (unpaired) electrons. The van der Waals surface area contributed by atoms with Gasteiger partial charge in [0.25, 0.3) is 5.91 Å². The molecule has 2 N–H and O–H groups in total. The number of carbonyl (C=O) groups is 1. The number of amides is 1. The summed E-state index contributed by atoms with van der Waals surface area (Å²) in [5, 5.41) is 17.1. The van der Waals surface area contributed by atoms with Crippen LogP contribution in [0.2, 0.25) is 0 Å². The largest absolute Gasteiger partial charge is 0.394 e. The average Bonchev–Trinajstić information content (AvgIpc) is 2.99. The SMILES string of the molecule is C[C@@H](NC(=O)c1nn(CCO)c2c1CN(C1CCC1)CC2)c1ccccc1. The van der Waals surface area contributed by atoms with Gasteiger partial charge in [-0.1, -0.05) is 36.8 Å². The molecule has 2 heterocycles. The molecule has 0 bridgehead atoms. The molecule has 1 amide bonds. The van der Waals surface area contributed by atoms with Gasteiger partial charge in [-0.2, -0.15) is 5.10 Å². The van der Waals surface area contributed by atoms with Crippen molar-refractivity contribution in [2.24, 2.45) is 0 Å². The molecule has 1 atom stereocenters. The third-order valence-electron chi connectivity index (χ3n) is 5.93. The summed E-state index contributed by atoms with van der Waals surface area (Å²) in [6, 6.07) is 10.5. The van der Waals surface area contributed by atoms with E-state index in [4.69, 9.17) is 0 Å². The van der Waals surface area contributed by atoms with E-state index in [9.17, 15) is 9.90 Å². The molecule has 1 saturated carbocycles. The molecule has 1 aromatic carbocycles. The lowest BCUT2D eigenvalue weighted by molar-refractivity contribution is 0.0923. The number of aliphatic hydroxyl groups is 1. The summed E-state index contributed by atoms with van der Waals surface area (Å²) >= 11 is 0. The number of carbonyl (C=O) groups excluding carboxylic acids is 1. The van der Waals surface area contributed by atoms with E-state index in [-0.39, 0.29) is 18.6 Å². The zero-order valence-corrected chi connectivity index (χ0v) is 15.9. The monoisotopic (exact) mass is 368 g/mol. The fourth-order valence-corrected chi connectivity index (χ4v) is 4.13. The standard InChI is InChI=1S/C21H28N4O2/c1-15(16-6-3-2-4-7-16)22-21(27)20-18-14-24(17-8-5-9-17)11-10-19(18)25(23-20)12-13-26/h2-4,6-7,15,17,26H,5,8-14H2,1H3,(H,22,27)/t15-/m1/s1. The fraction of sp³-hybridized carbons (Fsp3) is 0.524. The molecule has 1 fully saturated rings. The highest BCUT2D eigenvalue weighted by Gasteiger charge is 2.33. The maximum atomic E-state index is 13.0. The summed E-state index contributed by atoms with van der Waals surface area (Å²) in [6.07, 6.45) is 4.71. The van der Waals surface area contributed by atoms with Gasteiger partial charge in [-0.25, -0.2) is 0 Å². The molecule has 0 unspecified atom stereocenters. The zero-order valence-electron chi connectivity index (χ0n) is 15.9. The summed E-state index contributed by atoms with van der Waals surface area (Å²) < 4.78 is 1.83. The van der Waals surface area contributed by atoms with Gasteiger partial charge in [0.05, 0.1) is 19.2 Å². The Morgan fingerprint density at radius 1 is 1.33 bits per heavy atom. The molecule has 0 saturated heterocycles. The van der Waals surface area contributed by atoms with Crippen LogP contribution in [0, 0.1) is 0 Å². The molecule has 1 aromatic heterocycles. The van der Waals surface area contributed by atoms with Crippen LogP contribution in [0.3, 0.4) is 0 Å². The Labute approximate surface area is 160 Å². The molecule has 4 rings (SSSR count). The first-order chi connectivity index (χ1) is 13.2. The molecule has 1 aliphatic carbocycles. The lowest BCUT2D eigenvalue weighted by Gasteiger charge is -2.39. The summed E-state index contributed by atoms with van der Waals surface area (Å²) in [5.74, 6) is -0.130. The number of aromatic nitrogens is 2. The Morgan fingerprint density at radius 2 is 2.11 bits per heavy atom. The Kier molecular flexibility index (Phi) is 5.27. The van der Waals surface area contributed by atoms with Gasteiger partial charge >= 0.3 is 0 Å². The van der Waals surface area contributed by atoms with Crippen LogP contribution < -0.4 is 5.32 Å². The normalized spacial score (nSPS) is 18.6. The quantitative estimate of drug-likeness (QED) is 0.821. The smallest absolute Gasteiger partial charge is 0.272 e. The number of hydrogen-bond acceptors (Lipinski definition) is 4. The molecular formula is C21H28N4O2. The Hall–Kier alpha value is -2.18. The van der Waals surface area contributed by atoms with Crippen molar-refractivity contribution in [3.05, 3.63) is 52.8 Å². The van der Waals surface area contributed by atoms with E-state index in [0.29, 0.717) is 18.3 Å². The number of nitrogens with zero attached hydrogens (tertiary/aromatic N) is 3. The molecule has 6 nitrogen and oxygen atoms in total. The van der Waals surface area contributed by atoms with Crippen LogP contribution in [0.4, 0.5) is 0 Å². The van der Waals surface area contributed by atoms with Crippen LogP contribution >= 0.6 is 0 Å². The van der Waals surface area contributed by atoms with Crippen molar-refractivity contribution in [2.45, 2.75) is 57.8 Å². The average molecular weight is 368 g/mol. The number of fused-ring (bicyclic) bond motifs is 1. The lowest BCUT2D eigenvalue weighted by Crippen LogP contribution is -2.43. The second kappa shape index (κ2) is 7.82. The van der Waals surface area contributed by atoms with Gasteiger partial charge in [-0.15, -0.1) is 0 Å². The van der Waals surface area contributed by atoms with Crippen molar-refractivity contribution in [2.75, 3.05) is 13.2 Å². The highest BCUT2D eigenvalue weighted by Crippen LogP contribution is 2.31. The summed E-state index contributed by atoms with van der Waals surface area (Å²) in [4.78, 5) is 15.5. The van der Waals surface area contributed by atoms with Gasteiger partial charge in [0.1, 0.15) is 0 Å². The van der Waals surface area contributed by atoms with Crippen molar-refractivity contribution >= 4 is 5.91 Å². The predicted molar refractivity (Wildman–Crippen MR) is 103 cm³/mol. The molecule has 2 aliphatic rings. The van der Waals surface area contributed by atoms with Crippen LogP contribution in [-0.2, 0) is 19.5 Å². The molecule has 0 spiro atoms. The van der Waals surface area contributed by atoms with E-state index in [2.05, 4.69) is 15.3 Å². The highest BCUT2D eigenvalue weighted by molar-refractivity contribution is 5.94. The van der Waals surface area contributed by atoms with Crippen molar-refractivity contribution in [1.29, 1.82) is 0 Å². The molecule has 6 heteroatoms. The fourth-order valence-electron chi connectivity index (χ4n) is 4.13. The van der Waals surface area contributed by atoms with Gasteiger partial charge in [-0.3, -0.25) is 14.4 Å². The summed E-state index contributed by atoms with van der Waals surface area (Å²) in [6.45, 7) is 4.25. The number of rotatable bonds is 6. The van der Waals surface area contributed by atoms with Crippen LogP contribution in [0.15, 0.2) is 30.3 Å². The summed E-state index contributed by atoms with van der Waals surface area (Å²) in [5.41, 5.74) is 3.74. The van der Waals surface area contributed by atoms with E-state index in [0.717, 1.165) is 36.3 Å². The molecular weight excluding hydrogens is 340 g/mol. The Morgan fingerprint density at radius 3 is 2.78 bits per heavy atom. The first-order valence-corrected chi connectivity index (χ1v) is 9.96. The van der Waals surface area contributed by atoms with Gasteiger partial charge in [-0.05, 0) is 25.3 Å². The maximum Gasteiger partial charge on any atom is 0.272 e. The predicted octanol–water partition coefficient (Wildman–Crippen LogP) is 2.28. The number of aliphatic hydroxyl groups excluding tert-OH is 1. The first-order valence-electron chi connectivity index (χ1n) is 9.96. The van der Waals surface area contributed by atoms with Crippen LogP contribution in [-0.4, -0.2) is 44.9 Å². The van der Waals surface area contributed by atoms with Crippen LogP contribution in [0.25, 0.3) is 0 Å². The second-order valence-corrected chi connectivity index (χ2v) is 7.63. The number of benzene rings is 1. The van der Waals surface area contributed by atoms with Gasteiger partial charge in [0.2, 0.25) is 0 Å². The minimum absolute atomic E-state index is 0.0297. The molecule has 144 valence electrons. The second-order valence-electron chi connectivity index (χ2n) is 7.63. The first kappa shape index (κ1) is 18.2. The Bertz CT molecular complexity index is 798. The topological polar surface area (TPSA) is 70.4 Å². The Balaban J connectivity index is 1.57. The molecule has 27 heavy (non-hydrogen) atoms. The molecule has 2 aromatic rings. The van der Waals surface area contributed by atoms with E-state index in [1.807, 2.05) is 41.9 Å². The van der Waals surface area contributed by atoms with E-state index in [1.165, 1.54) is 19.3 Å². The summed E-state index contributed by atoms with van der Waals surface area (Å²) in [7, 11) is 0.